The Morgan fingerprint density at radius 2 is 2.14 bits per heavy atom. The minimum absolute atomic E-state index is 0.522. The van der Waals surface area contributed by atoms with E-state index in [2.05, 4.69) is 25.7 Å². The molecule has 1 heterocycles. The van der Waals surface area contributed by atoms with Gasteiger partial charge in [0.1, 0.15) is 12.2 Å². The zero-order valence-corrected chi connectivity index (χ0v) is 12.9. The summed E-state index contributed by atoms with van der Waals surface area (Å²) in [4.78, 5) is 8.69. The van der Waals surface area contributed by atoms with Gasteiger partial charge in [0.25, 0.3) is 0 Å². The summed E-state index contributed by atoms with van der Waals surface area (Å²) in [6.45, 7) is 3.89. The summed E-state index contributed by atoms with van der Waals surface area (Å²) in [5.41, 5.74) is 0.995. The van der Waals surface area contributed by atoms with E-state index in [1.165, 1.54) is 6.33 Å². The molecule has 1 aromatic carbocycles. The molecule has 0 bridgehead atoms. The number of hydrogen-bond donors (Lipinski definition) is 2. The Bertz CT molecular complexity index is 607. The number of hydrogen-bond acceptors (Lipinski definition) is 3. The molecular formula is C14H19ClN6. The van der Waals surface area contributed by atoms with Gasteiger partial charge in [0.2, 0.25) is 0 Å². The summed E-state index contributed by atoms with van der Waals surface area (Å²) in [5, 5.41) is 11.2. The molecule has 0 radical (unpaired) electrons. The van der Waals surface area contributed by atoms with Crippen molar-refractivity contribution in [2.75, 3.05) is 6.54 Å². The van der Waals surface area contributed by atoms with Crippen molar-refractivity contribution < 1.29 is 0 Å². The van der Waals surface area contributed by atoms with Gasteiger partial charge in [-0.1, -0.05) is 29.8 Å². The third-order valence-electron chi connectivity index (χ3n) is 2.93. The van der Waals surface area contributed by atoms with Gasteiger partial charge >= 0.3 is 0 Å². The summed E-state index contributed by atoms with van der Waals surface area (Å²) in [6.07, 6.45) is 1.53. The van der Waals surface area contributed by atoms with E-state index in [4.69, 9.17) is 11.6 Å². The number of halogens is 1. The summed E-state index contributed by atoms with van der Waals surface area (Å²) >= 11 is 6.13. The SMILES string of the molecule is CCNC(=NCc1ccccc1Cl)NCc1ncnn1C. The van der Waals surface area contributed by atoms with Crippen molar-refractivity contribution in [1.82, 2.24) is 25.4 Å². The monoisotopic (exact) mass is 306 g/mol. The van der Waals surface area contributed by atoms with Crippen LogP contribution in [0.1, 0.15) is 18.3 Å². The second-order valence-corrected chi connectivity index (χ2v) is 4.85. The fourth-order valence-electron chi connectivity index (χ4n) is 1.78. The predicted molar refractivity (Wildman–Crippen MR) is 84.1 cm³/mol. The van der Waals surface area contributed by atoms with Crippen molar-refractivity contribution in [2.45, 2.75) is 20.0 Å². The van der Waals surface area contributed by atoms with Crippen LogP contribution in [0.3, 0.4) is 0 Å². The Morgan fingerprint density at radius 3 is 2.81 bits per heavy atom. The quantitative estimate of drug-likeness (QED) is 0.652. The Kier molecular flexibility index (Phi) is 5.57. The van der Waals surface area contributed by atoms with Gasteiger partial charge in [-0.25, -0.2) is 9.98 Å². The zero-order valence-electron chi connectivity index (χ0n) is 12.2. The van der Waals surface area contributed by atoms with Crippen molar-refractivity contribution >= 4 is 17.6 Å². The van der Waals surface area contributed by atoms with Gasteiger partial charge in [0.05, 0.1) is 13.1 Å². The van der Waals surface area contributed by atoms with E-state index in [0.717, 1.165) is 28.9 Å². The average molecular weight is 307 g/mol. The number of nitrogens with zero attached hydrogens (tertiary/aromatic N) is 4. The second kappa shape index (κ2) is 7.64. The van der Waals surface area contributed by atoms with Crippen LogP contribution < -0.4 is 10.6 Å². The van der Waals surface area contributed by atoms with Crippen molar-refractivity contribution in [1.29, 1.82) is 0 Å². The molecule has 21 heavy (non-hydrogen) atoms. The molecule has 0 unspecified atom stereocenters. The number of rotatable bonds is 5. The standard InChI is InChI=1S/C14H19ClN6/c1-3-16-14(18-9-13-19-10-20-21(13)2)17-8-11-6-4-5-7-12(11)15/h4-7,10H,3,8-9H2,1-2H3,(H2,16,17,18). The Labute approximate surface area is 129 Å². The molecule has 7 heteroatoms. The maximum Gasteiger partial charge on any atom is 0.191 e. The second-order valence-electron chi connectivity index (χ2n) is 4.44. The van der Waals surface area contributed by atoms with Gasteiger partial charge in [-0.05, 0) is 18.6 Å². The first-order chi connectivity index (χ1) is 10.2. The summed E-state index contributed by atoms with van der Waals surface area (Å²) in [7, 11) is 1.86. The van der Waals surface area contributed by atoms with Crippen molar-refractivity contribution in [3.8, 4) is 0 Å². The van der Waals surface area contributed by atoms with Crippen molar-refractivity contribution in [3.05, 3.63) is 47.0 Å². The van der Waals surface area contributed by atoms with Gasteiger partial charge in [0.15, 0.2) is 5.96 Å². The van der Waals surface area contributed by atoms with Crippen LogP contribution in [0.2, 0.25) is 5.02 Å². The molecule has 0 fully saturated rings. The lowest BCUT2D eigenvalue weighted by atomic mass is 10.2. The molecule has 0 amide bonds. The number of nitrogens with one attached hydrogen (secondary N) is 2. The smallest absolute Gasteiger partial charge is 0.191 e. The van der Waals surface area contributed by atoms with Gasteiger partial charge in [-0.15, -0.1) is 0 Å². The molecule has 2 rings (SSSR count). The van der Waals surface area contributed by atoms with E-state index >= 15 is 0 Å². The lowest BCUT2D eigenvalue weighted by molar-refractivity contribution is 0.673. The van der Waals surface area contributed by atoms with Gasteiger partial charge in [0, 0.05) is 18.6 Å². The fraction of sp³-hybridized carbons (Fsp3) is 0.357. The molecule has 0 aliphatic heterocycles. The van der Waals surface area contributed by atoms with Crippen LogP contribution in [0.25, 0.3) is 0 Å². The van der Waals surface area contributed by atoms with Crippen LogP contribution in [-0.2, 0) is 20.1 Å². The molecule has 0 saturated carbocycles. The molecule has 0 atom stereocenters. The largest absolute Gasteiger partial charge is 0.357 e. The van der Waals surface area contributed by atoms with Gasteiger partial charge < -0.3 is 10.6 Å². The van der Waals surface area contributed by atoms with Crippen LogP contribution in [0, 0.1) is 0 Å². The van der Waals surface area contributed by atoms with Crippen LogP contribution in [-0.4, -0.2) is 27.3 Å². The summed E-state index contributed by atoms with van der Waals surface area (Å²) in [6, 6.07) is 7.70. The lowest BCUT2D eigenvalue weighted by Crippen LogP contribution is -2.37. The van der Waals surface area contributed by atoms with Crippen LogP contribution in [0.4, 0.5) is 0 Å². The van der Waals surface area contributed by atoms with Crippen LogP contribution in [0.15, 0.2) is 35.6 Å². The van der Waals surface area contributed by atoms with E-state index in [1.807, 2.05) is 38.2 Å². The van der Waals surface area contributed by atoms with E-state index in [9.17, 15) is 0 Å². The number of guanidine groups is 1. The highest BCUT2D eigenvalue weighted by atomic mass is 35.5. The van der Waals surface area contributed by atoms with Crippen LogP contribution in [0.5, 0.6) is 0 Å². The van der Waals surface area contributed by atoms with Crippen LogP contribution >= 0.6 is 11.6 Å². The molecule has 0 saturated heterocycles. The van der Waals surface area contributed by atoms with Crippen molar-refractivity contribution in [3.63, 3.8) is 0 Å². The average Bonchev–Trinajstić information content (AvgIpc) is 2.89. The molecule has 2 aromatic rings. The highest BCUT2D eigenvalue weighted by Gasteiger charge is 2.03. The fourth-order valence-corrected chi connectivity index (χ4v) is 1.97. The number of aromatic nitrogens is 3. The first-order valence-electron chi connectivity index (χ1n) is 6.79. The third-order valence-corrected chi connectivity index (χ3v) is 3.30. The minimum Gasteiger partial charge on any atom is -0.357 e. The number of aliphatic imine (C=N–C) groups is 1. The Balaban J connectivity index is 1.99. The molecule has 0 spiro atoms. The van der Waals surface area contributed by atoms with E-state index in [-0.39, 0.29) is 0 Å². The number of aryl methyl sites for hydroxylation is 1. The zero-order chi connectivity index (χ0) is 15.1. The van der Waals surface area contributed by atoms with Gasteiger partial charge in [-0.3, -0.25) is 4.68 Å². The third kappa shape index (κ3) is 4.46. The van der Waals surface area contributed by atoms with Gasteiger partial charge in [-0.2, -0.15) is 5.10 Å². The maximum absolute atomic E-state index is 6.13. The predicted octanol–water partition coefficient (Wildman–Crippen LogP) is 1.72. The Morgan fingerprint density at radius 1 is 1.33 bits per heavy atom. The molecule has 1 aromatic heterocycles. The maximum atomic E-state index is 6.13. The highest BCUT2D eigenvalue weighted by Crippen LogP contribution is 2.15. The first kappa shape index (κ1) is 15.3. The summed E-state index contributed by atoms with van der Waals surface area (Å²) < 4.78 is 1.73. The van der Waals surface area contributed by atoms with Crippen molar-refractivity contribution in [2.24, 2.45) is 12.0 Å². The normalized spacial score (nSPS) is 11.5. The van der Waals surface area contributed by atoms with E-state index < -0.39 is 0 Å². The molecule has 2 N–H and O–H groups in total. The molecular weight excluding hydrogens is 288 g/mol. The van der Waals surface area contributed by atoms with E-state index in [0.29, 0.717) is 13.1 Å². The summed E-state index contributed by atoms with van der Waals surface area (Å²) in [5.74, 6) is 1.57. The number of benzene rings is 1. The topological polar surface area (TPSA) is 67.1 Å². The molecule has 0 aliphatic rings. The minimum atomic E-state index is 0.522. The first-order valence-corrected chi connectivity index (χ1v) is 7.17. The molecule has 0 aliphatic carbocycles. The lowest BCUT2D eigenvalue weighted by Gasteiger charge is -2.11. The Hall–Kier alpha value is -2.08. The highest BCUT2D eigenvalue weighted by molar-refractivity contribution is 6.31. The molecule has 6 nitrogen and oxygen atoms in total. The van der Waals surface area contributed by atoms with E-state index in [1.54, 1.807) is 4.68 Å². The molecule has 112 valence electrons.